The minimum Gasteiger partial charge on any atom is -0.486 e. The van der Waals surface area contributed by atoms with Crippen molar-refractivity contribution in [2.24, 2.45) is 0 Å². The van der Waals surface area contributed by atoms with E-state index < -0.39 is 33.3 Å². The molecular formula is C30H29ClN6O6S. The van der Waals surface area contributed by atoms with Crippen LogP contribution in [-0.2, 0) is 26.0 Å². The first kappa shape index (κ1) is 30.7. The Hall–Kier alpha value is -4.75. The van der Waals surface area contributed by atoms with E-state index in [1.165, 1.54) is 18.2 Å². The van der Waals surface area contributed by atoms with Crippen molar-refractivity contribution in [3.63, 3.8) is 0 Å². The zero-order chi connectivity index (χ0) is 31.3. The molecule has 0 saturated carbocycles. The lowest BCUT2D eigenvalue weighted by atomic mass is 10.2. The third-order valence-corrected chi connectivity index (χ3v) is 9.46. The second kappa shape index (κ2) is 13.3. The zero-order valence-corrected chi connectivity index (χ0v) is 25.2. The zero-order valence-electron chi connectivity index (χ0n) is 23.6. The minimum atomic E-state index is -3.45. The van der Waals surface area contributed by atoms with Gasteiger partial charge in [0.2, 0.25) is 5.91 Å². The molecule has 12 nitrogen and oxygen atoms in total. The number of anilines is 3. The number of rotatable bonds is 10. The van der Waals surface area contributed by atoms with Gasteiger partial charge in [-0.25, -0.2) is 23.2 Å². The van der Waals surface area contributed by atoms with Gasteiger partial charge in [0.1, 0.15) is 24.5 Å². The normalized spacial score (nSPS) is 16.4. The minimum absolute atomic E-state index is 0.0294. The number of carbonyl (C=O) groups excluding carboxylic acids is 2. The molecule has 0 radical (unpaired) electrons. The summed E-state index contributed by atoms with van der Waals surface area (Å²) < 4.78 is 36.2. The molecule has 2 amide bonds. The van der Waals surface area contributed by atoms with Crippen LogP contribution in [0.3, 0.4) is 0 Å². The number of nitrogens with zero attached hydrogens (tertiary/aromatic N) is 4. The Kier molecular flexibility index (Phi) is 9.26. The van der Waals surface area contributed by atoms with Crippen molar-refractivity contribution in [1.29, 1.82) is 0 Å². The Balaban J connectivity index is 1.28. The van der Waals surface area contributed by atoms with Crippen LogP contribution in [0.15, 0.2) is 79.8 Å². The molecule has 4 aromatic rings. The number of halogens is 1. The molecule has 2 atom stereocenters. The average Bonchev–Trinajstić information content (AvgIpc) is 3.45. The van der Waals surface area contributed by atoms with Crippen LogP contribution in [0.25, 0.3) is 10.9 Å². The summed E-state index contributed by atoms with van der Waals surface area (Å²) in [6, 6.07) is 15.8. The smallest absolute Gasteiger partial charge is 0.413 e. The molecule has 0 unspecified atom stereocenters. The molecule has 228 valence electrons. The molecule has 1 fully saturated rings. The first-order valence-electron chi connectivity index (χ1n) is 13.6. The summed E-state index contributed by atoms with van der Waals surface area (Å²) >= 11 is 6.47. The summed E-state index contributed by atoms with van der Waals surface area (Å²) in [5, 5.41) is 6.00. The first-order valence-corrected chi connectivity index (χ1v) is 15.7. The summed E-state index contributed by atoms with van der Waals surface area (Å²) in [7, 11) is -3.45. The highest BCUT2D eigenvalue weighted by Gasteiger charge is 2.42. The molecule has 2 N–H and O–H groups in total. The van der Waals surface area contributed by atoms with Crippen LogP contribution in [0, 0.1) is 0 Å². The standard InChI is InChI=1S/C30H29ClN6O6S/c1-3-27(38)37-16-22(44(40,41)4-2)15-28(37)43-30(39)36-19-8-10-25-23(13-19)29(34-18-33-25)35-20-9-11-26(24(31)14-20)42-17-21-7-5-6-12-32-21/h3,5-14,18,22,28H,1,4,15-17H2,2H3,(H,36,39)(H,33,34,35)/t22-,28+/m1/s1. The van der Waals surface area contributed by atoms with Crippen molar-refractivity contribution in [3.05, 3.63) is 90.5 Å². The van der Waals surface area contributed by atoms with Gasteiger partial charge in [-0.15, -0.1) is 0 Å². The van der Waals surface area contributed by atoms with Crippen molar-refractivity contribution in [1.82, 2.24) is 19.9 Å². The van der Waals surface area contributed by atoms with Crippen molar-refractivity contribution < 1.29 is 27.5 Å². The van der Waals surface area contributed by atoms with Gasteiger partial charge in [0, 0.05) is 41.7 Å². The number of fused-ring (bicyclic) bond motifs is 1. The maximum absolute atomic E-state index is 12.9. The number of pyridine rings is 1. The maximum Gasteiger partial charge on any atom is 0.413 e. The first-order chi connectivity index (χ1) is 21.2. The lowest BCUT2D eigenvalue weighted by molar-refractivity contribution is -0.132. The van der Waals surface area contributed by atoms with Crippen molar-refractivity contribution in [3.8, 4) is 5.75 Å². The number of nitrogens with one attached hydrogen (secondary N) is 2. The van der Waals surface area contributed by atoms with Gasteiger partial charge in [0.25, 0.3) is 0 Å². The molecular weight excluding hydrogens is 608 g/mol. The van der Waals surface area contributed by atoms with E-state index in [4.69, 9.17) is 21.1 Å². The number of amides is 2. The van der Waals surface area contributed by atoms with Gasteiger partial charge in [0.15, 0.2) is 16.1 Å². The summed E-state index contributed by atoms with van der Waals surface area (Å²) in [5.41, 5.74) is 2.39. The fourth-order valence-electron chi connectivity index (χ4n) is 4.69. The Morgan fingerprint density at radius 2 is 1.93 bits per heavy atom. The topological polar surface area (TPSA) is 153 Å². The molecule has 5 rings (SSSR count). The van der Waals surface area contributed by atoms with Crippen LogP contribution in [0.1, 0.15) is 19.0 Å². The second-order valence-corrected chi connectivity index (χ2v) is 12.8. The molecule has 1 saturated heterocycles. The predicted octanol–water partition coefficient (Wildman–Crippen LogP) is 5.10. The van der Waals surface area contributed by atoms with Gasteiger partial charge >= 0.3 is 6.09 Å². The summed E-state index contributed by atoms with van der Waals surface area (Å²) in [6.07, 6.45) is 2.21. The van der Waals surface area contributed by atoms with E-state index in [0.717, 1.165) is 11.8 Å². The van der Waals surface area contributed by atoms with Crippen LogP contribution in [0.5, 0.6) is 5.75 Å². The molecule has 0 aliphatic carbocycles. The maximum atomic E-state index is 12.9. The van der Waals surface area contributed by atoms with Gasteiger partial charge in [0.05, 0.1) is 21.5 Å². The van der Waals surface area contributed by atoms with E-state index in [2.05, 4.69) is 32.2 Å². The average molecular weight is 637 g/mol. The van der Waals surface area contributed by atoms with Crippen LogP contribution in [0.4, 0.5) is 22.0 Å². The van der Waals surface area contributed by atoms with E-state index in [9.17, 15) is 18.0 Å². The van der Waals surface area contributed by atoms with E-state index in [-0.39, 0.29) is 25.3 Å². The lowest BCUT2D eigenvalue weighted by Crippen LogP contribution is -2.38. The van der Waals surface area contributed by atoms with Crippen molar-refractivity contribution in [2.75, 3.05) is 22.9 Å². The van der Waals surface area contributed by atoms with Crippen LogP contribution < -0.4 is 15.4 Å². The third-order valence-electron chi connectivity index (χ3n) is 7.00. The van der Waals surface area contributed by atoms with Gasteiger partial charge in [-0.2, -0.15) is 0 Å². The number of hydrogen-bond donors (Lipinski definition) is 2. The number of likely N-dealkylation sites (tertiary alicyclic amines) is 1. The number of aromatic nitrogens is 3. The van der Waals surface area contributed by atoms with Gasteiger partial charge in [-0.05, 0) is 54.6 Å². The number of hydrogen-bond acceptors (Lipinski definition) is 10. The number of benzene rings is 2. The molecule has 0 bridgehead atoms. The van der Waals surface area contributed by atoms with Crippen LogP contribution in [0.2, 0.25) is 5.02 Å². The molecule has 14 heteroatoms. The molecule has 0 spiro atoms. The van der Waals surface area contributed by atoms with Gasteiger partial charge < -0.3 is 19.7 Å². The monoisotopic (exact) mass is 636 g/mol. The molecule has 2 aromatic carbocycles. The van der Waals surface area contributed by atoms with Gasteiger partial charge in [-0.1, -0.05) is 31.2 Å². The fraction of sp³-hybridized carbons (Fsp3) is 0.233. The van der Waals surface area contributed by atoms with Crippen LogP contribution >= 0.6 is 11.6 Å². The highest BCUT2D eigenvalue weighted by molar-refractivity contribution is 7.92. The molecule has 1 aliphatic heterocycles. The van der Waals surface area contributed by atoms with Crippen molar-refractivity contribution >= 4 is 61.5 Å². The third kappa shape index (κ3) is 7.06. The second-order valence-electron chi connectivity index (χ2n) is 9.82. The van der Waals surface area contributed by atoms with E-state index in [1.54, 1.807) is 42.6 Å². The summed E-state index contributed by atoms with van der Waals surface area (Å²) in [5.74, 6) is 0.340. The molecule has 3 heterocycles. The van der Waals surface area contributed by atoms with E-state index in [0.29, 0.717) is 38.9 Å². The lowest BCUT2D eigenvalue weighted by Gasteiger charge is -2.23. The highest BCUT2D eigenvalue weighted by Crippen LogP contribution is 2.32. The fourth-order valence-corrected chi connectivity index (χ4v) is 6.24. The SMILES string of the molecule is C=CC(=O)N1C[C@H](S(=O)(=O)CC)C[C@@H]1OC(=O)Nc1ccc2ncnc(Nc3ccc(OCc4ccccn4)c(Cl)c3)c2c1. The van der Waals surface area contributed by atoms with E-state index >= 15 is 0 Å². The number of ether oxygens (including phenoxy) is 2. The Labute approximate surface area is 259 Å². The molecule has 2 aromatic heterocycles. The van der Waals surface area contributed by atoms with Crippen LogP contribution in [-0.4, -0.2) is 64.0 Å². The predicted molar refractivity (Wildman–Crippen MR) is 167 cm³/mol. The summed E-state index contributed by atoms with van der Waals surface area (Å²) in [4.78, 5) is 39.3. The Morgan fingerprint density at radius 1 is 1.11 bits per heavy atom. The largest absolute Gasteiger partial charge is 0.486 e. The number of carbonyl (C=O) groups is 2. The number of sulfone groups is 1. The molecule has 1 aliphatic rings. The van der Waals surface area contributed by atoms with Gasteiger partial charge in [-0.3, -0.25) is 15.1 Å². The highest BCUT2D eigenvalue weighted by atomic mass is 35.5. The molecule has 44 heavy (non-hydrogen) atoms. The quantitative estimate of drug-likeness (QED) is 0.225. The van der Waals surface area contributed by atoms with Crippen molar-refractivity contribution in [2.45, 2.75) is 31.4 Å². The summed E-state index contributed by atoms with van der Waals surface area (Å²) in [6.45, 7) is 5.18. The Morgan fingerprint density at radius 3 is 2.66 bits per heavy atom. The Bertz CT molecular complexity index is 1810. The van der Waals surface area contributed by atoms with E-state index in [1.807, 2.05) is 18.2 Å².